The third kappa shape index (κ3) is 3.66. The molecule has 2 saturated carbocycles. The molecule has 2 fully saturated rings. The van der Waals surface area contributed by atoms with Crippen molar-refractivity contribution < 1.29 is 0 Å². The molecule has 2 aliphatic carbocycles. The van der Waals surface area contributed by atoms with E-state index in [1.807, 2.05) is 0 Å². The Hall–Kier alpha value is 0.310. The minimum atomic E-state index is 0.406. The zero-order valence-electron chi connectivity index (χ0n) is 11.3. The van der Waals surface area contributed by atoms with Crippen molar-refractivity contribution in [3.05, 3.63) is 0 Å². The smallest absolute Gasteiger partial charge is 0.0130 e. The summed E-state index contributed by atoms with van der Waals surface area (Å²) >= 11 is 2.07. The van der Waals surface area contributed by atoms with Gasteiger partial charge >= 0.3 is 0 Å². The van der Waals surface area contributed by atoms with E-state index in [0.717, 1.165) is 11.3 Å². The Balaban J connectivity index is 1.62. The number of rotatable bonds is 6. The van der Waals surface area contributed by atoms with Gasteiger partial charge in [-0.15, -0.1) is 0 Å². The summed E-state index contributed by atoms with van der Waals surface area (Å²) in [5, 5.41) is 3.76. The van der Waals surface area contributed by atoms with Gasteiger partial charge in [0.15, 0.2) is 0 Å². The van der Waals surface area contributed by atoms with Gasteiger partial charge in [-0.2, -0.15) is 11.8 Å². The summed E-state index contributed by atoms with van der Waals surface area (Å²) in [7, 11) is 0. The maximum absolute atomic E-state index is 3.76. The topological polar surface area (TPSA) is 12.0 Å². The van der Waals surface area contributed by atoms with Crippen LogP contribution in [0.2, 0.25) is 0 Å². The van der Waals surface area contributed by atoms with Crippen molar-refractivity contribution in [3.8, 4) is 0 Å². The van der Waals surface area contributed by atoms with Gasteiger partial charge in [-0.3, -0.25) is 0 Å². The van der Waals surface area contributed by atoms with Gasteiger partial charge in [0.05, 0.1) is 0 Å². The summed E-state index contributed by atoms with van der Waals surface area (Å²) in [4.78, 5) is 0. The highest BCUT2D eigenvalue weighted by Crippen LogP contribution is 2.60. The zero-order valence-corrected chi connectivity index (χ0v) is 12.1. The molecule has 0 aromatic rings. The predicted octanol–water partition coefficient (Wildman–Crippen LogP) is 3.69. The van der Waals surface area contributed by atoms with Gasteiger partial charge in [0.1, 0.15) is 0 Å². The largest absolute Gasteiger partial charge is 0.313 e. The monoisotopic (exact) mass is 241 g/mol. The molecule has 0 radical (unpaired) electrons. The van der Waals surface area contributed by atoms with E-state index in [1.165, 1.54) is 38.0 Å². The fourth-order valence-corrected chi connectivity index (χ4v) is 3.26. The first-order chi connectivity index (χ1) is 7.41. The van der Waals surface area contributed by atoms with Crippen LogP contribution in [0.1, 0.15) is 53.4 Å². The second-order valence-electron chi connectivity index (χ2n) is 6.84. The Bertz CT molecular complexity index is 236. The highest BCUT2D eigenvalue weighted by Gasteiger charge is 2.53. The summed E-state index contributed by atoms with van der Waals surface area (Å²) in [5.41, 5.74) is 0.751. The second-order valence-corrected chi connectivity index (χ2v) is 8.69. The van der Waals surface area contributed by atoms with Crippen molar-refractivity contribution in [1.29, 1.82) is 0 Å². The van der Waals surface area contributed by atoms with Crippen molar-refractivity contribution >= 4 is 11.8 Å². The van der Waals surface area contributed by atoms with Crippen molar-refractivity contribution in [2.75, 3.05) is 12.3 Å². The van der Waals surface area contributed by atoms with Crippen LogP contribution in [0.4, 0.5) is 0 Å². The Morgan fingerprint density at radius 1 is 1.31 bits per heavy atom. The van der Waals surface area contributed by atoms with E-state index in [4.69, 9.17) is 0 Å². The first-order valence-corrected chi connectivity index (χ1v) is 7.77. The molecular weight excluding hydrogens is 214 g/mol. The predicted molar refractivity (Wildman–Crippen MR) is 74.1 cm³/mol. The molecule has 0 aromatic carbocycles. The molecule has 94 valence electrons. The minimum absolute atomic E-state index is 0.406. The maximum atomic E-state index is 3.76. The van der Waals surface area contributed by atoms with Crippen molar-refractivity contribution in [2.24, 2.45) is 11.3 Å². The SMILES string of the molecule is CC(CSC(C)(C)C)NCC1(C2CC2)CC1. The van der Waals surface area contributed by atoms with E-state index in [0.29, 0.717) is 10.8 Å². The molecule has 1 atom stereocenters. The molecule has 0 heterocycles. The molecule has 0 amide bonds. The van der Waals surface area contributed by atoms with Gasteiger partial charge < -0.3 is 5.32 Å². The quantitative estimate of drug-likeness (QED) is 0.761. The standard InChI is InChI=1S/C14H27NS/c1-11(9-16-13(2,3)4)15-10-14(7-8-14)12-5-6-12/h11-12,15H,5-10H2,1-4H3. The van der Waals surface area contributed by atoms with Gasteiger partial charge in [-0.05, 0) is 43.9 Å². The third-order valence-corrected chi connectivity index (χ3v) is 5.44. The van der Waals surface area contributed by atoms with Crippen LogP contribution >= 0.6 is 11.8 Å². The lowest BCUT2D eigenvalue weighted by Gasteiger charge is -2.23. The number of hydrogen-bond acceptors (Lipinski definition) is 2. The fraction of sp³-hybridized carbons (Fsp3) is 1.00. The van der Waals surface area contributed by atoms with Gasteiger partial charge in [-0.1, -0.05) is 20.8 Å². The van der Waals surface area contributed by atoms with Crippen molar-refractivity contribution in [1.82, 2.24) is 5.32 Å². The zero-order chi connectivity index (χ0) is 11.8. The number of thioether (sulfide) groups is 1. The van der Waals surface area contributed by atoms with E-state index in [1.54, 1.807) is 0 Å². The molecule has 2 aliphatic rings. The normalized spacial score (nSPS) is 25.5. The average Bonchev–Trinajstić information content (AvgIpc) is 2.98. The van der Waals surface area contributed by atoms with Crippen molar-refractivity contribution in [2.45, 2.75) is 64.2 Å². The highest BCUT2D eigenvalue weighted by molar-refractivity contribution is 8.00. The molecule has 16 heavy (non-hydrogen) atoms. The number of nitrogens with one attached hydrogen (secondary N) is 1. The second kappa shape index (κ2) is 4.53. The van der Waals surface area contributed by atoms with Crippen LogP contribution < -0.4 is 5.32 Å². The van der Waals surface area contributed by atoms with Crippen LogP contribution in [0.5, 0.6) is 0 Å². The summed E-state index contributed by atoms with van der Waals surface area (Å²) in [6.07, 6.45) is 5.99. The molecule has 0 saturated heterocycles. The van der Waals surface area contributed by atoms with E-state index in [9.17, 15) is 0 Å². The lowest BCUT2D eigenvalue weighted by atomic mass is 10.0. The van der Waals surface area contributed by atoms with Gasteiger partial charge in [0.2, 0.25) is 0 Å². The Labute approximate surface area is 105 Å². The van der Waals surface area contributed by atoms with Gasteiger partial charge in [0.25, 0.3) is 0 Å². The van der Waals surface area contributed by atoms with Crippen LogP contribution in [0.25, 0.3) is 0 Å². The summed E-state index contributed by atoms with van der Waals surface area (Å²) < 4.78 is 0.406. The fourth-order valence-electron chi connectivity index (χ4n) is 2.40. The van der Waals surface area contributed by atoms with Crippen LogP contribution in [-0.2, 0) is 0 Å². The van der Waals surface area contributed by atoms with Crippen LogP contribution in [0.3, 0.4) is 0 Å². The molecule has 1 nitrogen and oxygen atoms in total. The first-order valence-electron chi connectivity index (χ1n) is 6.79. The molecule has 1 unspecified atom stereocenters. The summed E-state index contributed by atoms with van der Waals surface area (Å²) in [6, 6.07) is 0.667. The first kappa shape index (κ1) is 12.8. The lowest BCUT2D eigenvalue weighted by molar-refractivity contribution is 0.387. The molecule has 0 aromatic heterocycles. The minimum Gasteiger partial charge on any atom is -0.313 e. The van der Waals surface area contributed by atoms with E-state index in [2.05, 4.69) is 44.8 Å². The van der Waals surface area contributed by atoms with Gasteiger partial charge in [-0.25, -0.2) is 0 Å². The van der Waals surface area contributed by atoms with Gasteiger partial charge in [0, 0.05) is 23.1 Å². The van der Waals surface area contributed by atoms with E-state index >= 15 is 0 Å². The maximum Gasteiger partial charge on any atom is 0.0130 e. The lowest BCUT2D eigenvalue weighted by Crippen LogP contribution is -2.35. The average molecular weight is 241 g/mol. The van der Waals surface area contributed by atoms with Crippen molar-refractivity contribution in [3.63, 3.8) is 0 Å². The number of hydrogen-bond donors (Lipinski definition) is 1. The molecule has 0 bridgehead atoms. The molecule has 0 spiro atoms. The van der Waals surface area contributed by atoms with Crippen LogP contribution in [-0.4, -0.2) is 23.1 Å². The molecular formula is C14H27NS. The third-order valence-electron chi connectivity index (χ3n) is 3.90. The Morgan fingerprint density at radius 2 is 1.94 bits per heavy atom. The van der Waals surface area contributed by atoms with E-state index < -0.39 is 0 Å². The molecule has 2 rings (SSSR count). The van der Waals surface area contributed by atoms with Crippen LogP contribution in [0, 0.1) is 11.3 Å². The summed E-state index contributed by atoms with van der Waals surface area (Å²) in [6.45, 7) is 10.5. The van der Waals surface area contributed by atoms with Crippen LogP contribution in [0.15, 0.2) is 0 Å². The summed E-state index contributed by atoms with van der Waals surface area (Å²) in [5.74, 6) is 2.33. The molecule has 0 aliphatic heterocycles. The van der Waals surface area contributed by atoms with E-state index in [-0.39, 0.29) is 0 Å². The highest BCUT2D eigenvalue weighted by atomic mass is 32.2. The Kier molecular flexibility index (Phi) is 3.61. The Morgan fingerprint density at radius 3 is 2.38 bits per heavy atom. The molecule has 2 heteroatoms. The molecule has 1 N–H and O–H groups in total.